The van der Waals surface area contributed by atoms with Crippen LogP contribution in [0.25, 0.3) is 0 Å². The molecule has 0 aromatic heterocycles. The lowest BCUT2D eigenvalue weighted by Crippen LogP contribution is -2.44. The van der Waals surface area contributed by atoms with E-state index >= 15 is 0 Å². The molecule has 3 aromatic carbocycles. The Morgan fingerprint density at radius 3 is 2.40 bits per heavy atom. The first-order valence-corrected chi connectivity index (χ1v) is 11.9. The Labute approximate surface area is 204 Å². The maximum Gasteiger partial charge on any atom is 0.262 e. The van der Waals surface area contributed by atoms with Gasteiger partial charge in [0.2, 0.25) is 0 Å². The fourth-order valence-corrected chi connectivity index (χ4v) is 4.38. The van der Waals surface area contributed by atoms with Crippen molar-refractivity contribution < 1.29 is 18.7 Å². The predicted octanol–water partition coefficient (Wildman–Crippen LogP) is 4.76. The van der Waals surface area contributed by atoms with Crippen LogP contribution in [0.1, 0.15) is 41.6 Å². The lowest BCUT2D eigenvalue weighted by atomic mass is 9.90. The van der Waals surface area contributed by atoms with Gasteiger partial charge in [-0.25, -0.2) is 4.39 Å². The summed E-state index contributed by atoms with van der Waals surface area (Å²) in [5.41, 5.74) is 7.80. The third-order valence-electron chi connectivity index (χ3n) is 6.26. The Bertz CT molecular complexity index is 1150. The minimum atomic E-state index is -0.451. The number of halogens is 1. The number of nitrogens with zero attached hydrogens (tertiary/aromatic N) is 1. The van der Waals surface area contributed by atoms with Crippen LogP contribution < -0.4 is 15.8 Å². The summed E-state index contributed by atoms with van der Waals surface area (Å²) in [7, 11) is 0. The summed E-state index contributed by atoms with van der Waals surface area (Å²) in [6, 6.07) is 22.4. The lowest BCUT2D eigenvalue weighted by Gasteiger charge is -2.36. The Balaban J connectivity index is 1.51. The standard InChI is InChI=1S/C28H30FN3O3/c29-22-9-6-8-20(17-22)28(34)32(24-15-13-23(30)14-16-24)18-21-7-4-5-12-26(21)31-27(33)19-35-25-10-2-1-3-11-25/h1-12,17,23-24H,13-16,18-19,30H2,(H,31,33). The largest absolute Gasteiger partial charge is 0.484 e. The normalized spacial score (nSPS) is 17.4. The number of carbonyl (C=O) groups excluding carboxylic acids is 2. The first kappa shape index (κ1) is 24.4. The number of carbonyl (C=O) groups is 2. The number of para-hydroxylation sites is 2. The number of nitrogens with two attached hydrogens (primary N) is 1. The molecule has 3 N–H and O–H groups in total. The van der Waals surface area contributed by atoms with Crippen LogP contribution in [0.3, 0.4) is 0 Å². The van der Waals surface area contributed by atoms with Gasteiger partial charge in [-0.1, -0.05) is 42.5 Å². The number of anilines is 1. The molecule has 1 aliphatic rings. The molecule has 0 atom stereocenters. The van der Waals surface area contributed by atoms with Crippen LogP contribution in [0.5, 0.6) is 5.75 Å². The van der Waals surface area contributed by atoms with Crippen LogP contribution in [-0.4, -0.2) is 35.4 Å². The summed E-state index contributed by atoms with van der Waals surface area (Å²) in [6.07, 6.45) is 3.21. The average Bonchev–Trinajstić information content (AvgIpc) is 2.88. The molecule has 0 spiro atoms. The van der Waals surface area contributed by atoms with E-state index in [1.807, 2.05) is 36.4 Å². The van der Waals surface area contributed by atoms with Gasteiger partial charge in [-0.2, -0.15) is 0 Å². The minimum Gasteiger partial charge on any atom is -0.484 e. The predicted molar refractivity (Wildman–Crippen MR) is 134 cm³/mol. The molecule has 6 nitrogen and oxygen atoms in total. The molecule has 4 rings (SSSR count). The van der Waals surface area contributed by atoms with Gasteiger partial charge in [0.25, 0.3) is 11.8 Å². The van der Waals surface area contributed by atoms with Gasteiger partial charge in [0.1, 0.15) is 11.6 Å². The Hall–Kier alpha value is -3.71. The zero-order valence-corrected chi connectivity index (χ0v) is 19.5. The zero-order chi connectivity index (χ0) is 24.6. The zero-order valence-electron chi connectivity index (χ0n) is 19.5. The fourth-order valence-electron chi connectivity index (χ4n) is 4.38. The van der Waals surface area contributed by atoms with Crippen molar-refractivity contribution in [2.75, 3.05) is 11.9 Å². The highest BCUT2D eigenvalue weighted by molar-refractivity contribution is 5.95. The van der Waals surface area contributed by atoms with Gasteiger partial charge >= 0.3 is 0 Å². The van der Waals surface area contributed by atoms with Crippen LogP contribution >= 0.6 is 0 Å². The molecule has 0 aliphatic heterocycles. The minimum absolute atomic E-state index is 0.0178. The Kier molecular flexibility index (Phi) is 8.11. The topological polar surface area (TPSA) is 84.7 Å². The highest BCUT2D eigenvalue weighted by Gasteiger charge is 2.29. The molecule has 0 unspecified atom stereocenters. The molecule has 7 heteroatoms. The highest BCUT2D eigenvalue weighted by Crippen LogP contribution is 2.27. The van der Waals surface area contributed by atoms with Crippen LogP contribution in [0.15, 0.2) is 78.9 Å². The number of amides is 2. The lowest BCUT2D eigenvalue weighted by molar-refractivity contribution is -0.118. The first-order valence-electron chi connectivity index (χ1n) is 11.9. The van der Waals surface area contributed by atoms with Gasteiger partial charge in [-0.05, 0) is 67.6 Å². The van der Waals surface area contributed by atoms with E-state index in [1.54, 1.807) is 35.2 Å². The summed E-state index contributed by atoms with van der Waals surface area (Å²) in [5.74, 6) is -0.377. The van der Waals surface area contributed by atoms with E-state index < -0.39 is 5.82 Å². The second-order valence-corrected chi connectivity index (χ2v) is 8.82. The van der Waals surface area contributed by atoms with Gasteiger partial charge in [0.15, 0.2) is 6.61 Å². The van der Waals surface area contributed by atoms with E-state index in [4.69, 9.17) is 10.5 Å². The van der Waals surface area contributed by atoms with Crippen molar-refractivity contribution in [2.24, 2.45) is 5.73 Å². The molecule has 0 heterocycles. The van der Waals surface area contributed by atoms with Crippen molar-refractivity contribution >= 4 is 17.5 Å². The van der Waals surface area contributed by atoms with Crippen LogP contribution in [0.2, 0.25) is 0 Å². The number of benzene rings is 3. The third kappa shape index (κ3) is 6.67. The van der Waals surface area contributed by atoms with Crippen molar-refractivity contribution in [3.8, 4) is 5.75 Å². The van der Waals surface area contributed by atoms with Gasteiger partial charge in [-0.15, -0.1) is 0 Å². The van der Waals surface area contributed by atoms with Crippen LogP contribution in [0.4, 0.5) is 10.1 Å². The Morgan fingerprint density at radius 1 is 0.943 bits per heavy atom. The fraction of sp³-hybridized carbons (Fsp3) is 0.286. The van der Waals surface area contributed by atoms with Crippen molar-refractivity contribution in [1.29, 1.82) is 0 Å². The van der Waals surface area contributed by atoms with Crippen LogP contribution in [0, 0.1) is 5.82 Å². The molecule has 1 aliphatic carbocycles. The summed E-state index contributed by atoms with van der Waals surface area (Å²) >= 11 is 0. The van der Waals surface area contributed by atoms with E-state index in [9.17, 15) is 14.0 Å². The highest BCUT2D eigenvalue weighted by atomic mass is 19.1. The van der Waals surface area contributed by atoms with Crippen molar-refractivity contribution in [3.63, 3.8) is 0 Å². The molecule has 35 heavy (non-hydrogen) atoms. The van der Waals surface area contributed by atoms with Gasteiger partial charge in [0, 0.05) is 29.9 Å². The van der Waals surface area contributed by atoms with Crippen molar-refractivity contribution in [3.05, 3.63) is 95.8 Å². The average molecular weight is 476 g/mol. The molecule has 2 amide bonds. The number of rotatable bonds is 8. The smallest absolute Gasteiger partial charge is 0.262 e. The van der Waals surface area contributed by atoms with Crippen LogP contribution in [-0.2, 0) is 11.3 Å². The number of ether oxygens (including phenoxy) is 1. The molecule has 0 bridgehead atoms. The maximum absolute atomic E-state index is 13.9. The quantitative estimate of drug-likeness (QED) is 0.492. The first-order chi connectivity index (χ1) is 17.0. The second kappa shape index (κ2) is 11.6. The van der Waals surface area contributed by atoms with Crippen molar-refractivity contribution in [2.45, 2.75) is 44.3 Å². The molecule has 1 saturated carbocycles. The number of hydrogen-bond donors (Lipinski definition) is 2. The monoisotopic (exact) mass is 475 g/mol. The van der Waals surface area contributed by atoms with E-state index in [1.165, 1.54) is 12.1 Å². The van der Waals surface area contributed by atoms with E-state index in [0.717, 1.165) is 31.2 Å². The molecule has 182 valence electrons. The number of hydrogen-bond acceptors (Lipinski definition) is 4. The second-order valence-electron chi connectivity index (χ2n) is 8.82. The summed E-state index contributed by atoms with van der Waals surface area (Å²) in [4.78, 5) is 27.9. The molecule has 0 saturated heterocycles. The van der Waals surface area contributed by atoms with E-state index in [2.05, 4.69) is 5.32 Å². The van der Waals surface area contributed by atoms with Crippen molar-refractivity contribution in [1.82, 2.24) is 4.90 Å². The third-order valence-corrected chi connectivity index (χ3v) is 6.26. The molecule has 3 aromatic rings. The van der Waals surface area contributed by atoms with Gasteiger partial charge < -0.3 is 20.7 Å². The van der Waals surface area contributed by atoms with E-state index in [-0.39, 0.29) is 37.0 Å². The molecular weight excluding hydrogens is 445 g/mol. The van der Waals surface area contributed by atoms with Gasteiger partial charge in [-0.3, -0.25) is 9.59 Å². The molecule has 1 fully saturated rings. The van der Waals surface area contributed by atoms with E-state index in [0.29, 0.717) is 17.0 Å². The summed E-state index contributed by atoms with van der Waals surface area (Å²) in [5, 5.41) is 2.90. The number of nitrogens with one attached hydrogen (secondary N) is 1. The Morgan fingerprint density at radius 2 is 1.66 bits per heavy atom. The summed E-state index contributed by atoms with van der Waals surface area (Å²) < 4.78 is 19.4. The SMILES string of the molecule is NC1CCC(N(Cc2ccccc2NC(=O)COc2ccccc2)C(=O)c2cccc(F)c2)CC1. The summed E-state index contributed by atoms with van der Waals surface area (Å²) in [6.45, 7) is 0.149. The molecular formula is C28H30FN3O3. The van der Waals surface area contributed by atoms with Gasteiger partial charge in [0.05, 0.1) is 0 Å². The maximum atomic E-state index is 13.9. The molecule has 0 radical (unpaired) electrons.